The van der Waals surface area contributed by atoms with E-state index in [1.54, 1.807) is 12.1 Å². The first kappa shape index (κ1) is 24.9. The number of furan rings is 1. The number of carbonyl (C=O) groups is 2. The third-order valence-corrected chi connectivity index (χ3v) is 9.36. The van der Waals surface area contributed by atoms with Gasteiger partial charge in [-0.1, -0.05) is 13.8 Å². The van der Waals surface area contributed by atoms with Crippen molar-refractivity contribution in [1.82, 2.24) is 9.88 Å². The highest BCUT2D eigenvalue weighted by Gasteiger charge is 2.59. The number of aromatic nitrogens is 1. The Morgan fingerprint density at radius 1 is 1.32 bits per heavy atom. The maximum Gasteiger partial charge on any atom is 0.293 e. The zero-order valence-corrected chi connectivity index (χ0v) is 21.2. The Hall–Kier alpha value is -2.23. The molecule has 0 saturated heterocycles. The number of hydrogen-bond acceptors (Lipinski definition) is 7. The normalized spacial score (nSPS) is 30.4. The van der Waals surface area contributed by atoms with Crippen molar-refractivity contribution in [2.45, 2.75) is 65.4 Å². The molecule has 1 fully saturated rings. The fourth-order valence-corrected chi connectivity index (χ4v) is 7.21. The molecule has 3 N–H and O–H groups in total. The lowest BCUT2D eigenvalue weighted by molar-refractivity contribution is -0.147. The molecular weight excluding hydrogens is 454 g/mol. The zero-order chi connectivity index (χ0) is 24.7. The lowest BCUT2D eigenvalue weighted by atomic mass is 9.47. The molecule has 5 atom stereocenters. The molecule has 2 heterocycles. The van der Waals surface area contributed by atoms with Gasteiger partial charge in [0.2, 0.25) is 5.91 Å². The summed E-state index contributed by atoms with van der Waals surface area (Å²) in [7, 11) is 0. The summed E-state index contributed by atoms with van der Waals surface area (Å²) in [6.45, 7) is 9.25. The minimum absolute atomic E-state index is 0.0233. The molecule has 0 radical (unpaired) electrons. The number of hydrogen-bond donors (Lipinski definition) is 3. The monoisotopic (exact) mass is 489 g/mol. The highest BCUT2D eigenvalue weighted by atomic mass is 32.1. The second kappa shape index (κ2) is 9.43. The Bertz CT molecular complexity index is 1030. The molecule has 186 valence electrons. The van der Waals surface area contributed by atoms with Gasteiger partial charge in [-0.2, -0.15) is 0 Å². The fourth-order valence-electron chi connectivity index (χ4n) is 6.15. The number of nitrogens with zero attached hydrogens (tertiary/aromatic N) is 2. The Morgan fingerprint density at radius 2 is 2.06 bits per heavy atom. The van der Waals surface area contributed by atoms with Crippen LogP contribution in [-0.4, -0.2) is 57.7 Å². The topological polar surface area (TPSA) is 116 Å². The molecule has 2 aliphatic rings. The van der Waals surface area contributed by atoms with E-state index >= 15 is 0 Å². The van der Waals surface area contributed by atoms with Gasteiger partial charge in [0.1, 0.15) is 0 Å². The largest absolute Gasteiger partial charge is 0.459 e. The van der Waals surface area contributed by atoms with Crippen LogP contribution in [0.1, 0.15) is 74.0 Å². The van der Waals surface area contributed by atoms with Crippen molar-refractivity contribution >= 4 is 28.3 Å². The third kappa shape index (κ3) is 4.07. The van der Waals surface area contributed by atoms with Gasteiger partial charge in [0.25, 0.3) is 5.91 Å². The average molecular weight is 490 g/mol. The Morgan fingerprint density at radius 3 is 2.68 bits per heavy atom. The Labute approximate surface area is 204 Å². The highest BCUT2D eigenvalue weighted by molar-refractivity contribution is 7.15. The van der Waals surface area contributed by atoms with Crippen molar-refractivity contribution in [3.8, 4) is 0 Å². The first-order valence-corrected chi connectivity index (χ1v) is 12.9. The summed E-state index contributed by atoms with van der Waals surface area (Å²) >= 11 is 1.41. The summed E-state index contributed by atoms with van der Waals surface area (Å²) < 4.78 is 5.20. The number of fused-ring (bicyclic) bond motifs is 2. The van der Waals surface area contributed by atoms with Gasteiger partial charge < -0.3 is 19.5 Å². The fraction of sp³-hybridized carbons (Fsp3) is 0.640. The minimum Gasteiger partial charge on any atom is -0.459 e. The molecular formula is C25H35N3O5S. The highest BCUT2D eigenvalue weighted by Crippen LogP contribution is 2.62. The van der Waals surface area contributed by atoms with Gasteiger partial charge in [0.05, 0.1) is 24.7 Å². The summed E-state index contributed by atoms with van der Waals surface area (Å²) in [6, 6.07) is 3.25. The number of rotatable bonds is 7. The van der Waals surface area contributed by atoms with Crippen LogP contribution < -0.4 is 5.32 Å². The number of nitrogens with one attached hydrogen (secondary N) is 1. The molecule has 34 heavy (non-hydrogen) atoms. The van der Waals surface area contributed by atoms with Crippen molar-refractivity contribution in [1.29, 1.82) is 0 Å². The van der Waals surface area contributed by atoms with Crippen LogP contribution in [0.2, 0.25) is 0 Å². The van der Waals surface area contributed by atoms with Crippen LogP contribution in [0.25, 0.3) is 0 Å². The smallest absolute Gasteiger partial charge is 0.293 e. The van der Waals surface area contributed by atoms with E-state index in [2.05, 4.69) is 12.2 Å². The first-order valence-electron chi connectivity index (χ1n) is 12.1. The maximum absolute atomic E-state index is 13.3. The molecule has 0 unspecified atom stereocenters. The lowest BCUT2D eigenvalue weighted by Gasteiger charge is -2.58. The molecule has 2 aromatic heterocycles. The van der Waals surface area contributed by atoms with E-state index < -0.39 is 11.5 Å². The molecule has 2 aromatic rings. The summed E-state index contributed by atoms with van der Waals surface area (Å²) in [5.41, 5.74) is -0.137. The van der Waals surface area contributed by atoms with Crippen molar-refractivity contribution in [2.24, 2.45) is 16.7 Å². The number of thiazole rings is 1. The van der Waals surface area contributed by atoms with Gasteiger partial charge in [-0.05, 0) is 56.6 Å². The van der Waals surface area contributed by atoms with Gasteiger partial charge >= 0.3 is 0 Å². The maximum atomic E-state index is 13.3. The molecule has 2 amide bonds. The number of amides is 2. The van der Waals surface area contributed by atoms with E-state index in [0.717, 1.165) is 17.0 Å². The zero-order valence-electron chi connectivity index (χ0n) is 20.3. The lowest BCUT2D eigenvalue weighted by Crippen LogP contribution is -2.57. The predicted octanol–water partition coefficient (Wildman–Crippen LogP) is 3.66. The predicted molar refractivity (Wildman–Crippen MR) is 130 cm³/mol. The van der Waals surface area contributed by atoms with Crippen LogP contribution in [0, 0.1) is 16.7 Å². The molecule has 1 saturated carbocycles. The van der Waals surface area contributed by atoms with Crippen LogP contribution in [0.4, 0.5) is 5.13 Å². The van der Waals surface area contributed by atoms with Crippen LogP contribution in [0.15, 0.2) is 22.8 Å². The SMILES string of the molecule is CCN(CC)C(=O)C[C@@H]1c2nc(NC(=O)c3ccco3)sc2C[C@@H]2[C@](C)(CO)[C@H](O)CC[C@]21C. The summed E-state index contributed by atoms with van der Waals surface area (Å²) in [4.78, 5) is 33.5. The van der Waals surface area contributed by atoms with Crippen LogP contribution in [0.3, 0.4) is 0 Å². The Kier molecular flexibility index (Phi) is 6.90. The minimum atomic E-state index is -0.678. The number of aliphatic hydroxyl groups is 2. The van der Waals surface area contributed by atoms with E-state index in [-0.39, 0.29) is 41.4 Å². The van der Waals surface area contributed by atoms with E-state index in [9.17, 15) is 19.8 Å². The quantitative estimate of drug-likeness (QED) is 0.547. The number of aliphatic hydroxyl groups excluding tert-OH is 2. The van der Waals surface area contributed by atoms with E-state index in [0.29, 0.717) is 37.5 Å². The van der Waals surface area contributed by atoms with Crippen molar-refractivity contribution in [3.05, 3.63) is 34.7 Å². The van der Waals surface area contributed by atoms with Gasteiger partial charge in [0, 0.05) is 35.7 Å². The molecule has 0 spiro atoms. The van der Waals surface area contributed by atoms with E-state index in [4.69, 9.17) is 9.40 Å². The molecule has 0 bridgehead atoms. The first-order chi connectivity index (χ1) is 16.2. The molecule has 8 nitrogen and oxygen atoms in total. The molecule has 0 aromatic carbocycles. The van der Waals surface area contributed by atoms with Crippen molar-refractivity contribution < 1.29 is 24.2 Å². The molecule has 0 aliphatic heterocycles. The second-order valence-electron chi connectivity index (χ2n) is 10.1. The molecule has 9 heteroatoms. The molecule has 2 aliphatic carbocycles. The summed E-state index contributed by atoms with van der Waals surface area (Å²) in [6.07, 6.45) is 3.11. The number of anilines is 1. The van der Waals surface area contributed by atoms with Crippen LogP contribution >= 0.6 is 11.3 Å². The van der Waals surface area contributed by atoms with E-state index in [1.165, 1.54) is 17.6 Å². The van der Waals surface area contributed by atoms with Gasteiger partial charge in [-0.25, -0.2) is 4.98 Å². The van der Waals surface area contributed by atoms with Crippen molar-refractivity contribution in [2.75, 3.05) is 25.0 Å². The van der Waals surface area contributed by atoms with E-state index in [1.807, 2.05) is 25.7 Å². The Balaban J connectivity index is 1.74. The standard InChI is InChI=1S/C25H35N3O5S/c1-5-28(6-2)20(31)12-15-21-17(34-23(26-21)27-22(32)16-8-7-11-33-16)13-18-24(15,3)10-9-19(30)25(18,4)14-29/h7-8,11,15,18-19,29-30H,5-6,9-10,12-14H2,1-4H3,(H,26,27,32)/t15-,18+,19-,24+,25+/m1/s1. The van der Waals surface area contributed by atoms with Crippen LogP contribution in [-0.2, 0) is 11.2 Å². The van der Waals surface area contributed by atoms with Crippen molar-refractivity contribution in [3.63, 3.8) is 0 Å². The third-order valence-electron chi connectivity index (χ3n) is 8.35. The summed E-state index contributed by atoms with van der Waals surface area (Å²) in [5, 5.41) is 24.6. The second-order valence-corrected chi connectivity index (χ2v) is 11.1. The number of carbonyl (C=O) groups excluding carboxylic acids is 2. The van der Waals surface area contributed by atoms with Gasteiger partial charge in [-0.3, -0.25) is 14.9 Å². The average Bonchev–Trinajstić information content (AvgIpc) is 3.49. The molecule has 4 rings (SSSR count). The van der Waals surface area contributed by atoms with Gasteiger partial charge in [-0.15, -0.1) is 11.3 Å². The van der Waals surface area contributed by atoms with Gasteiger partial charge in [0.15, 0.2) is 10.9 Å². The summed E-state index contributed by atoms with van der Waals surface area (Å²) in [5.74, 6) is -0.277. The van der Waals surface area contributed by atoms with Crippen LogP contribution in [0.5, 0.6) is 0 Å².